The third-order valence-electron chi connectivity index (χ3n) is 4.75. The number of carbonyl (C=O) groups is 2. The average molecular weight is 446 g/mol. The summed E-state index contributed by atoms with van der Waals surface area (Å²) < 4.78 is 4.88. The minimum Gasteiger partial charge on any atom is -0.465 e. The van der Waals surface area contributed by atoms with Gasteiger partial charge in [0, 0.05) is 24.3 Å². The predicted octanol–water partition coefficient (Wildman–Crippen LogP) is 2.86. The van der Waals surface area contributed by atoms with Crippen molar-refractivity contribution in [3.63, 3.8) is 0 Å². The summed E-state index contributed by atoms with van der Waals surface area (Å²) in [5, 5.41) is 3.62. The first-order valence-electron chi connectivity index (χ1n) is 10.3. The van der Waals surface area contributed by atoms with E-state index in [1.807, 2.05) is 26.0 Å². The molecule has 0 unspecified atom stereocenters. The number of esters is 1. The van der Waals surface area contributed by atoms with Crippen LogP contribution in [0.2, 0.25) is 0 Å². The molecule has 8 nitrogen and oxygen atoms in total. The van der Waals surface area contributed by atoms with Gasteiger partial charge in [0.15, 0.2) is 0 Å². The van der Waals surface area contributed by atoms with Crippen LogP contribution in [0.1, 0.15) is 47.2 Å². The smallest absolute Gasteiger partial charge is 0.338 e. The van der Waals surface area contributed by atoms with Gasteiger partial charge in [0.1, 0.15) is 5.03 Å². The van der Waals surface area contributed by atoms with Crippen LogP contribution in [0.15, 0.2) is 23.2 Å². The van der Waals surface area contributed by atoms with Crippen molar-refractivity contribution >= 4 is 29.6 Å². The van der Waals surface area contributed by atoms with E-state index >= 15 is 0 Å². The van der Waals surface area contributed by atoms with Crippen LogP contribution in [0, 0.1) is 13.8 Å². The molecule has 0 radical (unpaired) electrons. The molecule has 0 bridgehead atoms. The van der Waals surface area contributed by atoms with Gasteiger partial charge in [-0.25, -0.2) is 14.8 Å². The molecule has 0 saturated heterocycles. The summed E-state index contributed by atoms with van der Waals surface area (Å²) in [6.07, 6.45) is 3.29. The van der Waals surface area contributed by atoms with Gasteiger partial charge in [-0.15, -0.1) is 11.8 Å². The lowest BCUT2D eigenvalue weighted by Gasteiger charge is -2.12. The molecule has 2 aromatic rings. The molecule has 1 heterocycles. The molecular formula is C22H31N5O3S. The lowest BCUT2D eigenvalue weighted by Crippen LogP contribution is -2.25. The minimum atomic E-state index is -0.394. The highest BCUT2D eigenvalue weighted by Gasteiger charge is 2.15. The number of benzene rings is 1. The zero-order chi connectivity index (χ0) is 22.8. The van der Waals surface area contributed by atoms with Crippen molar-refractivity contribution in [2.45, 2.75) is 44.6 Å². The highest BCUT2D eigenvalue weighted by atomic mass is 32.2. The summed E-state index contributed by atoms with van der Waals surface area (Å²) >= 11 is 1.49. The summed E-state index contributed by atoms with van der Waals surface area (Å²) in [5.41, 5.74) is 15.1. The second-order valence-corrected chi connectivity index (χ2v) is 8.34. The van der Waals surface area contributed by atoms with E-state index in [0.717, 1.165) is 36.0 Å². The lowest BCUT2D eigenvalue weighted by atomic mass is 9.98. The van der Waals surface area contributed by atoms with Crippen molar-refractivity contribution in [2.24, 2.45) is 5.73 Å². The van der Waals surface area contributed by atoms with E-state index in [-0.39, 0.29) is 11.9 Å². The first-order valence-corrected chi connectivity index (χ1v) is 11.3. The summed E-state index contributed by atoms with van der Waals surface area (Å²) in [6.45, 7) is 5.02. The summed E-state index contributed by atoms with van der Waals surface area (Å²) in [6, 6.07) is 5.54. The molecule has 0 atom stereocenters. The van der Waals surface area contributed by atoms with Crippen molar-refractivity contribution in [2.75, 3.05) is 31.7 Å². The number of rotatable bonds is 11. The van der Waals surface area contributed by atoms with Gasteiger partial charge < -0.3 is 21.5 Å². The van der Waals surface area contributed by atoms with Crippen LogP contribution < -0.4 is 16.8 Å². The molecule has 0 aliphatic heterocycles. The maximum absolute atomic E-state index is 12.1. The number of amides is 1. The number of aryl methyl sites for hydroxylation is 2. The van der Waals surface area contributed by atoms with Crippen molar-refractivity contribution in [3.05, 3.63) is 34.9 Å². The summed E-state index contributed by atoms with van der Waals surface area (Å²) in [7, 11) is 1.36. The van der Waals surface area contributed by atoms with Crippen LogP contribution in [-0.4, -0.2) is 47.8 Å². The van der Waals surface area contributed by atoms with Crippen LogP contribution in [0.25, 0.3) is 11.3 Å². The Kier molecular flexibility index (Phi) is 9.74. The van der Waals surface area contributed by atoms with Gasteiger partial charge in [-0.3, -0.25) is 4.79 Å². The molecule has 0 spiro atoms. The maximum atomic E-state index is 12.1. The molecule has 9 heteroatoms. The van der Waals surface area contributed by atoms with Gasteiger partial charge in [0.2, 0.25) is 11.9 Å². The van der Waals surface area contributed by atoms with Gasteiger partial charge >= 0.3 is 5.97 Å². The fourth-order valence-electron chi connectivity index (χ4n) is 3.15. The molecule has 1 aromatic heterocycles. The molecule has 0 aliphatic rings. The highest BCUT2D eigenvalue weighted by molar-refractivity contribution is 7.99. The van der Waals surface area contributed by atoms with Gasteiger partial charge in [-0.1, -0.05) is 12.5 Å². The van der Waals surface area contributed by atoms with Crippen LogP contribution in [0.5, 0.6) is 0 Å². The molecule has 5 N–H and O–H groups in total. The molecule has 31 heavy (non-hydrogen) atoms. The van der Waals surface area contributed by atoms with E-state index in [1.165, 1.54) is 18.9 Å². The van der Waals surface area contributed by atoms with E-state index in [0.29, 0.717) is 41.5 Å². The maximum Gasteiger partial charge on any atom is 0.338 e. The fourth-order valence-corrected chi connectivity index (χ4v) is 3.92. The van der Waals surface area contributed by atoms with Crippen molar-refractivity contribution in [1.29, 1.82) is 0 Å². The van der Waals surface area contributed by atoms with Crippen LogP contribution in [-0.2, 0) is 9.53 Å². The molecule has 1 amide bonds. The number of hydrogen-bond acceptors (Lipinski definition) is 8. The predicted molar refractivity (Wildman–Crippen MR) is 124 cm³/mol. The van der Waals surface area contributed by atoms with E-state index in [2.05, 4.69) is 15.3 Å². The van der Waals surface area contributed by atoms with Crippen molar-refractivity contribution in [1.82, 2.24) is 15.3 Å². The molecule has 0 saturated carbocycles. The Bertz CT molecular complexity index is 920. The Balaban J connectivity index is 2.03. The zero-order valence-electron chi connectivity index (χ0n) is 18.4. The first kappa shape index (κ1) is 24.6. The number of ether oxygens (including phenoxy) is 1. The Hall–Kier alpha value is -2.65. The van der Waals surface area contributed by atoms with E-state index in [4.69, 9.17) is 16.2 Å². The SMILES string of the molecule is COC(=O)c1cc(-c2cc(SCCNC(=O)CCCCCN)nc(N)n2)c(C)cc1C. The summed E-state index contributed by atoms with van der Waals surface area (Å²) in [4.78, 5) is 32.5. The van der Waals surface area contributed by atoms with Crippen LogP contribution in [0.4, 0.5) is 5.95 Å². The fraction of sp³-hybridized carbons (Fsp3) is 0.455. The second kappa shape index (κ2) is 12.3. The topological polar surface area (TPSA) is 133 Å². The van der Waals surface area contributed by atoms with Crippen molar-refractivity contribution < 1.29 is 14.3 Å². The molecule has 0 aliphatic carbocycles. The number of hydrogen-bond donors (Lipinski definition) is 3. The lowest BCUT2D eigenvalue weighted by molar-refractivity contribution is -0.121. The second-order valence-electron chi connectivity index (χ2n) is 7.22. The van der Waals surface area contributed by atoms with E-state index in [9.17, 15) is 9.59 Å². The van der Waals surface area contributed by atoms with Crippen LogP contribution >= 0.6 is 11.8 Å². The quantitative estimate of drug-likeness (QED) is 0.208. The Morgan fingerprint density at radius 3 is 2.58 bits per heavy atom. The van der Waals surface area contributed by atoms with Gasteiger partial charge in [-0.2, -0.15) is 0 Å². The Labute approximate surface area is 187 Å². The number of nitrogen functional groups attached to an aromatic ring is 1. The Morgan fingerprint density at radius 2 is 1.87 bits per heavy atom. The standard InChI is InChI=1S/C22H31N5O3S/c1-14-11-15(2)17(21(29)30-3)12-16(14)18-13-20(27-22(24)26-18)31-10-9-25-19(28)7-5-4-6-8-23/h11-13H,4-10,23H2,1-3H3,(H,25,28)(H2,24,26,27). The number of nitrogens with two attached hydrogens (primary N) is 2. The normalized spacial score (nSPS) is 10.7. The number of methoxy groups -OCH3 is 1. The monoisotopic (exact) mass is 445 g/mol. The molecule has 168 valence electrons. The molecule has 1 aromatic carbocycles. The number of unbranched alkanes of at least 4 members (excludes halogenated alkanes) is 2. The largest absolute Gasteiger partial charge is 0.465 e. The Morgan fingerprint density at radius 1 is 1.10 bits per heavy atom. The number of aromatic nitrogens is 2. The average Bonchev–Trinajstić information content (AvgIpc) is 2.73. The van der Waals surface area contributed by atoms with E-state index < -0.39 is 5.97 Å². The third-order valence-corrected chi connectivity index (χ3v) is 5.67. The highest BCUT2D eigenvalue weighted by Crippen LogP contribution is 2.29. The van der Waals surface area contributed by atoms with Crippen LogP contribution in [0.3, 0.4) is 0 Å². The third kappa shape index (κ3) is 7.52. The first-order chi connectivity index (χ1) is 14.8. The number of anilines is 1. The number of thioether (sulfide) groups is 1. The number of nitrogens with zero attached hydrogens (tertiary/aromatic N) is 2. The van der Waals surface area contributed by atoms with Gasteiger partial charge in [-0.05, 0) is 56.5 Å². The summed E-state index contributed by atoms with van der Waals surface area (Å²) in [5.74, 6) is 0.467. The van der Waals surface area contributed by atoms with E-state index in [1.54, 1.807) is 6.07 Å². The van der Waals surface area contributed by atoms with Gasteiger partial charge in [0.25, 0.3) is 0 Å². The zero-order valence-corrected chi connectivity index (χ0v) is 19.2. The molecule has 2 rings (SSSR count). The van der Waals surface area contributed by atoms with Crippen molar-refractivity contribution in [3.8, 4) is 11.3 Å². The minimum absolute atomic E-state index is 0.0473. The number of carbonyl (C=O) groups excluding carboxylic acids is 2. The molecule has 0 fully saturated rings. The molecular weight excluding hydrogens is 414 g/mol. The van der Waals surface area contributed by atoms with Gasteiger partial charge in [0.05, 0.1) is 18.4 Å². The number of nitrogens with one attached hydrogen (secondary N) is 1.